The molecule has 1 fully saturated rings. The second-order valence-corrected chi connectivity index (χ2v) is 9.31. The van der Waals surface area contributed by atoms with Crippen molar-refractivity contribution in [2.24, 2.45) is 11.8 Å². The van der Waals surface area contributed by atoms with Crippen LogP contribution in [0.4, 0.5) is 21.0 Å². The van der Waals surface area contributed by atoms with Crippen LogP contribution in [0.5, 0.6) is 0 Å². The zero-order chi connectivity index (χ0) is 23.1. The summed E-state index contributed by atoms with van der Waals surface area (Å²) in [4.78, 5) is 24.5. The number of hydrogen-bond donors (Lipinski definition) is 4. The summed E-state index contributed by atoms with van der Waals surface area (Å²) in [5.74, 6) is 0.781. The number of rotatable bonds is 6. The van der Waals surface area contributed by atoms with Crippen LogP contribution >= 0.6 is 23.2 Å². The van der Waals surface area contributed by atoms with Gasteiger partial charge in [0, 0.05) is 34.5 Å². The molecule has 0 aromatic heterocycles. The Kier molecular flexibility index (Phi) is 8.65. The van der Waals surface area contributed by atoms with Crippen LogP contribution in [0.15, 0.2) is 36.4 Å². The average Bonchev–Trinajstić information content (AvgIpc) is 2.76. The molecule has 2 aromatic rings. The van der Waals surface area contributed by atoms with Crippen molar-refractivity contribution in [2.75, 3.05) is 23.7 Å². The lowest BCUT2D eigenvalue weighted by atomic mass is 9.81. The van der Waals surface area contributed by atoms with Crippen molar-refractivity contribution < 1.29 is 9.59 Å². The minimum absolute atomic E-state index is 0.235. The fourth-order valence-electron chi connectivity index (χ4n) is 3.94. The van der Waals surface area contributed by atoms with Crippen molar-refractivity contribution in [3.63, 3.8) is 0 Å². The Morgan fingerprint density at radius 2 is 1.25 bits per heavy atom. The van der Waals surface area contributed by atoms with Crippen LogP contribution in [-0.4, -0.2) is 25.2 Å². The van der Waals surface area contributed by atoms with Gasteiger partial charge in [-0.2, -0.15) is 0 Å². The van der Waals surface area contributed by atoms with Crippen molar-refractivity contribution in [2.45, 2.75) is 39.5 Å². The van der Waals surface area contributed by atoms with E-state index >= 15 is 0 Å². The van der Waals surface area contributed by atoms with Crippen molar-refractivity contribution in [3.8, 4) is 0 Å². The molecule has 32 heavy (non-hydrogen) atoms. The first-order valence-corrected chi connectivity index (χ1v) is 11.7. The Hall–Kier alpha value is -2.44. The minimum Gasteiger partial charge on any atom is -0.338 e. The summed E-state index contributed by atoms with van der Waals surface area (Å²) in [6, 6.07) is 10.4. The summed E-state index contributed by atoms with van der Waals surface area (Å²) in [5.41, 5.74) is 3.28. The first-order chi connectivity index (χ1) is 15.3. The Bertz CT molecular complexity index is 892. The van der Waals surface area contributed by atoms with Crippen molar-refractivity contribution in [1.29, 1.82) is 0 Å². The van der Waals surface area contributed by atoms with Crippen LogP contribution < -0.4 is 21.3 Å². The van der Waals surface area contributed by atoms with Gasteiger partial charge in [-0.1, -0.05) is 41.8 Å². The molecule has 1 aliphatic rings. The van der Waals surface area contributed by atoms with Gasteiger partial charge >= 0.3 is 12.1 Å². The molecule has 4 N–H and O–H groups in total. The SMILES string of the molecule is Cc1ccc(NC(=O)NC[C@@H]2CCC[C@@H](CNC(=O)Nc3ccc(C)c(Cl)c3)C2)cc1Cl. The molecule has 8 heteroatoms. The third-order valence-electron chi connectivity index (χ3n) is 5.85. The number of aryl methyl sites for hydroxylation is 2. The monoisotopic (exact) mass is 476 g/mol. The number of hydrogen-bond acceptors (Lipinski definition) is 2. The molecule has 0 aliphatic heterocycles. The topological polar surface area (TPSA) is 82.3 Å². The highest BCUT2D eigenvalue weighted by atomic mass is 35.5. The fourth-order valence-corrected chi connectivity index (χ4v) is 4.30. The summed E-state index contributed by atoms with van der Waals surface area (Å²) in [6.45, 7) is 5.05. The quantitative estimate of drug-likeness (QED) is 0.391. The second-order valence-electron chi connectivity index (χ2n) is 8.50. The van der Waals surface area contributed by atoms with Crippen molar-refractivity contribution >= 4 is 46.6 Å². The van der Waals surface area contributed by atoms with E-state index in [2.05, 4.69) is 21.3 Å². The van der Waals surface area contributed by atoms with E-state index in [1.54, 1.807) is 12.1 Å². The fraction of sp³-hybridized carbons (Fsp3) is 0.417. The van der Waals surface area contributed by atoms with Gasteiger partial charge < -0.3 is 21.3 Å². The molecular formula is C24H30Cl2N4O2. The van der Waals surface area contributed by atoms with E-state index in [1.165, 1.54) is 0 Å². The molecule has 6 nitrogen and oxygen atoms in total. The molecule has 0 unspecified atom stereocenters. The van der Waals surface area contributed by atoms with Gasteiger partial charge in [0.2, 0.25) is 0 Å². The average molecular weight is 477 g/mol. The maximum absolute atomic E-state index is 12.2. The molecule has 1 saturated carbocycles. The van der Waals surface area contributed by atoms with E-state index in [0.29, 0.717) is 46.3 Å². The van der Waals surface area contributed by atoms with Crippen LogP contribution in [0.1, 0.15) is 36.8 Å². The van der Waals surface area contributed by atoms with Gasteiger partial charge in [-0.05, 0) is 80.3 Å². The smallest absolute Gasteiger partial charge is 0.319 e. The third kappa shape index (κ3) is 7.31. The van der Waals surface area contributed by atoms with E-state index in [9.17, 15) is 9.59 Å². The Morgan fingerprint density at radius 3 is 1.66 bits per heavy atom. The maximum Gasteiger partial charge on any atom is 0.319 e. The highest BCUT2D eigenvalue weighted by Gasteiger charge is 2.23. The maximum atomic E-state index is 12.2. The summed E-state index contributed by atoms with van der Waals surface area (Å²) < 4.78 is 0. The molecule has 3 rings (SSSR count). The number of benzene rings is 2. The highest BCUT2D eigenvalue weighted by molar-refractivity contribution is 6.32. The van der Waals surface area contributed by atoms with Gasteiger partial charge in [-0.3, -0.25) is 0 Å². The molecule has 0 bridgehead atoms. The lowest BCUT2D eigenvalue weighted by Crippen LogP contribution is -2.38. The first kappa shape index (κ1) is 24.2. The van der Waals surface area contributed by atoms with E-state index < -0.39 is 0 Å². The molecule has 0 radical (unpaired) electrons. The molecule has 0 saturated heterocycles. The van der Waals surface area contributed by atoms with Crippen LogP contribution in [0.2, 0.25) is 10.0 Å². The van der Waals surface area contributed by atoms with E-state index in [4.69, 9.17) is 23.2 Å². The summed E-state index contributed by atoms with van der Waals surface area (Å²) in [5, 5.41) is 12.8. The standard InChI is InChI=1S/C24H30Cl2N4O2/c1-15-6-8-19(11-21(15)25)29-23(31)27-13-17-4-3-5-18(10-17)14-28-24(32)30-20-9-7-16(2)22(26)12-20/h6-9,11-12,17-18H,3-5,10,13-14H2,1-2H3,(H2,27,29,31)(H2,28,30,32)/t17-,18-/m1/s1. The van der Waals surface area contributed by atoms with Gasteiger partial charge in [0.15, 0.2) is 0 Å². The number of halogens is 2. The molecule has 2 aromatic carbocycles. The third-order valence-corrected chi connectivity index (χ3v) is 6.67. The van der Waals surface area contributed by atoms with Crippen LogP contribution in [-0.2, 0) is 0 Å². The number of nitrogens with one attached hydrogen (secondary N) is 4. The normalized spacial score (nSPS) is 18.0. The van der Waals surface area contributed by atoms with Crippen molar-refractivity contribution in [3.05, 3.63) is 57.6 Å². The Balaban J connectivity index is 1.38. The Labute approximate surface area is 199 Å². The second kappa shape index (κ2) is 11.4. The van der Waals surface area contributed by atoms with Crippen LogP contribution in [0.25, 0.3) is 0 Å². The molecule has 2 atom stereocenters. The number of carbonyl (C=O) groups excluding carboxylic acids is 2. The zero-order valence-corrected chi connectivity index (χ0v) is 19.9. The Morgan fingerprint density at radius 1 is 0.812 bits per heavy atom. The van der Waals surface area contributed by atoms with E-state index in [0.717, 1.165) is 36.8 Å². The number of carbonyl (C=O) groups is 2. The predicted molar refractivity (Wildman–Crippen MR) is 132 cm³/mol. The number of urea groups is 2. The number of anilines is 2. The highest BCUT2D eigenvalue weighted by Crippen LogP contribution is 2.28. The zero-order valence-electron chi connectivity index (χ0n) is 18.4. The van der Waals surface area contributed by atoms with Crippen LogP contribution in [0, 0.1) is 25.7 Å². The first-order valence-electron chi connectivity index (χ1n) is 10.9. The molecule has 0 heterocycles. The lowest BCUT2D eigenvalue weighted by Gasteiger charge is -2.29. The summed E-state index contributed by atoms with van der Waals surface area (Å²) >= 11 is 12.2. The largest absolute Gasteiger partial charge is 0.338 e. The summed E-state index contributed by atoms with van der Waals surface area (Å²) in [7, 11) is 0. The molecule has 172 valence electrons. The van der Waals surface area contributed by atoms with Gasteiger partial charge in [-0.25, -0.2) is 9.59 Å². The van der Waals surface area contributed by atoms with Crippen LogP contribution in [0.3, 0.4) is 0 Å². The molecular weight excluding hydrogens is 447 g/mol. The predicted octanol–water partition coefficient (Wildman–Crippen LogP) is 6.36. The lowest BCUT2D eigenvalue weighted by molar-refractivity contribution is 0.230. The number of amides is 4. The van der Waals surface area contributed by atoms with Gasteiger partial charge in [0.05, 0.1) is 0 Å². The molecule has 0 spiro atoms. The summed E-state index contributed by atoms with van der Waals surface area (Å²) in [6.07, 6.45) is 4.19. The molecule has 4 amide bonds. The van der Waals surface area contributed by atoms with E-state index in [1.807, 2.05) is 38.1 Å². The minimum atomic E-state index is -0.235. The molecule has 1 aliphatic carbocycles. The van der Waals surface area contributed by atoms with Gasteiger partial charge in [0.1, 0.15) is 0 Å². The van der Waals surface area contributed by atoms with E-state index in [-0.39, 0.29) is 12.1 Å². The van der Waals surface area contributed by atoms with Crippen molar-refractivity contribution in [1.82, 2.24) is 10.6 Å². The van der Waals surface area contributed by atoms with Gasteiger partial charge in [-0.15, -0.1) is 0 Å². The van der Waals surface area contributed by atoms with Gasteiger partial charge in [0.25, 0.3) is 0 Å².